The molecule has 0 atom stereocenters. The largest absolute Gasteiger partial charge is 0.384 e. The minimum Gasteiger partial charge on any atom is -0.384 e. The molecule has 0 spiro atoms. The Morgan fingerprint density at radius 2 is 1.82 bits per heavy atom. The van der Waals surface area contributed by atoms with Gasteiger partial charge in [-0.25, -0.2) is 0 Å². The molecule has 2 nitrogen and oxygen atoms in total. The summed E-state index contributed by atoms with van der Waals surface area (Å²) in [4.78, 5) is 0. The van der Waals surface area contributed by atoms with Gasteiger partial charge in [-0.05, 0) is 36.6 Å². The van der Waals surface area contributed by atoms with Crippen LogP contribution >= 0.6 is 0 Å². The lowest BCUT2D eigenvalue weighted by atomic mass is 9.97. The van der Waals surface area contributed by atoms with Gasteiger partial charge in [0.15, 0.2) is 0 Å². The number of nitrogens with two attached hydrogens (primary N) is 1. The SMILES string of the molecule is Cc1ccc(C)c(-c2cccc(C(=N)N)c2)c1. The van der Waals surface area contributed by atoms with Crippen molar-refractivity contribution < 1.29 is 0 Å². The number of nitrogens with one attached hydrogen (secondary N) is 1. The Hall–Kier alpha value is -2.09. The summed E-state index contributed by atoms with van der Waals surface area (Å²) in [7, 11) is 0. The van der Waals surface area contributed by atoms with Crippen LogP contribution in [-0.4, -0.2) is 5.84 Å². The highest BCUT2D eigenvalue weighted by Crippen LogP contribution is 2.25. The first-order valence-corrected chi connectivity index (χ1v) is 5.60. The van der Waals surface area contributed by atoms with E-state index in [9.17, 15) is 0 Å². The van der Waals surface area contributed by atoms with Crippen LogP contribution in [0.15, 0.2) is 42.5 Å². The van der Waals surface area contributed by atoms with Crippen molar-refractivity contribution >= 4 is 5.84 Å². The second kappa shape index (κ2) is 4.42. The predicted molar refractivity (Wildman–Crippen MR) is 72.4 cm³/mol. The first-order valence-electron chi connectivity index (χ1n) is 5.60. The van der Waals surface area contributed by atoms with Crippen molar-refractivity contribution in [3.63, 3.8) is 0 Å². The van der Waals surface area contributed by atoms with Crippen molar-refractivity contribution in [1.82, 2.24) is 0 Å². The van der Waals surface area contributed by atoms with E-state index in [0.29, 0.717) is 0 Å². The topological polar surface area (TPSA) is 49.9 Å². The average molecular weight is 224 g/mol. The van der Waals surface area contributed by atoms with Crippen LogP contribution in [0.1, 0.15) is 16.7 Å². The molecule has 86 valence electrons. The molecule has 17 heavy (non-hydrogen) atoms. The maximum absolute atomic E-state index is 7.47. The molecule has 0 amide bonds. The molecule has 0 saturated carbocycles. The van der Waals surface area contributed by atoms with Crippen molar-refractivity contribution in [3.8, 4) is 11.1 Å². The van der Waals surface area contributed by atoms with Gasteiger partial charge in [0, 0.05) is 5.56 Å². The van der Waals surface area contributed by atoms with Crippen molar-refractivity contribution in [2.45, 2.75) is 13.8 Å². The average Bonchev–Trinajstić information content (AvgIpc) is 2.32. The third-order valence-corrected chi connectivity index (χ3v) is 2.88. The lowest BCUT2D eigenvalue weighted by Gasteiger charge is -2.08. The lowest BCUT2D eigenvalue weighted by molar-refractivity contribution is 1.38. The summed E-state index contributed by atoms with van der Waals surface area (Å²) in [6.45, 7) is 4.17. The van der Waals surface area contributed by atoms with Gasteiger partial charge >= 0.3 is 0 Å². The number of benzene rings is 2. The molecular formula is C15H16N2. The zero-order valence-electron chi connectivity index (χ0n) is 10.1. The van der Waals surface area contributed by atoms with E-state index in [1.165, 1.54) is 16.7 Å². The highest BCUT2D eigenvalue weighted by Gasteiger charge is 2.04. The fourth-order valence-corrected chi connectivity index (χ4v) is 1.90. The highest BCUT2D eigenvalue weighted by atomic mass is 14.7. The van der Waals surface area contributed by atoms with Crippen LogP contribution in [0.4, 0.5) is 0 Å². The normalized spacial score (nSPS) is 10.2. The molecule has 0 aliphatic carbocycles. The predicted octanol–water partition coefficient (Wildman–Crippen LogP) is 3.25. The number of aryl methyl sites for hydroxylation is 2. The van der Waals surface area contributed by atoms with Gasteiger partial charge in [0.1, 0.15) is 5.84 Å². The van der Waals surface area contributed by atoms with Gasteiger partial charge in [-0.2, -0.15) is 0 Å². The molecule has 0 radical (unpaired) electrons. The standard InChI is InChI=1S/C15H16N2/c1-10-6-7-11(2)14(8-10)12-4-3-5-13(9-12)15(16)17/h3-9H,1-2H3,(H3,16,17). The fraction of sp³-hybridized carbons (Fsp3) is 0.133. The van der Waals surface area contributed by atoms with E-state index in [0.717, 1.165) is 11.1 Å². The van der Waals surface area contributed by atoms with Crippen molar-refractivity contribution in [2.75, 3.05) is 0 Å². The second-order valence-electron chi connectivity index (χ2n) is 4.31. The summed E-state index contributed by atoms with van der Waals surface area (Å²) in [5.74, 6) is 0.108. The van der Waals surface area contributed by atoms with Gasteiger partial charge in [-0.1, -0.05) is 42.0 Å². The molecule has 0 aliphatic heterocycles. The van der Waals surface area contributed by atoms with Crippen LogP contribution in [0.5, 0.6) is 0 Å². The number of hydrogen-bond acceptors (Lipinski definition) is 1. The van der Waals surface area contributed by atoms with Gasteiger partial charge in [-0.3, -0.25) is 5.41 Å². The molecule has 0 saturated heterocycles. The minimum atomic E-state index is 0.108. The molecule has 0 bridgehead atoms. The molecule has 0 unspecified atom stereocenters. The Kier molecular flexibility index (Phi) is 2.96. The van der Waals surface area contributed by atoms with Gasteiger partial charge in [0.25, 0.3) is 0 Å². The molecule has 2 heteroatoms. The Balaban J connectivity index is 2.56. The van der Waals surface area contributed by atoms with Gasteiger partial charge in [0.05, 0.1) is 0 Å². The molecule has 2 rings (SSSR count). The summed E-state index contributed by atoms with van der Waals surface area (Å²) in [6.07, 6.45) is 0. The maximum atomic E-state index is 7.47. The van der Waals surface area contributed by atoms with E-state index in [1.54, 1.807) is 0 Å². The van der Waals surface area contributed by atoms with E-state index >= 15 is 0 Å². The zero-order chi connectivity index (χ0) is 12.4. The van der Waals surface area contributed by atoms with Gasteiger partial charge in [0.2, 0.25) is 0 Å². The second-order valence-corrected chi connectivity index (χ2v) is 4.31. The van der Waals surface area contributed by atoms with E-state index in [-0.39, 0.29) is 5.84 Å². The quantitative estimate of drug-likeness (QED) is 0.597. The first-order chi connectivity index (χ1) is 8.08. The first kappa shape index (κ1) is 11.4. The van der Waals surface area contributed by atoms with Crippen LogP contribution in [0.2, 0.25) is 0 Å². The molecule has 0 heterocycles. The smallest absolute Gasteiger partial charge is 0.122 e. The molecule has 2 aromatic rings. The molecule has 0 aromatic heterocycles. The van der Waals surface area contributed by atoms with E-state index < -0.39 is 0 Å². The third kappa shape index (κ3) is 2.36. The Bertz CT molecular complexity index is 571. The van der Waals surface area contributed by atoms with Crippen LogP contribution < -0.4 is 5.73 Å². The van der Waals surface area contributed by atoms with Gasteiger partial charge in [-0.15, -0.1) is 0 Å². The van der Waals surface area contributed by atoms with Crippen LogP contribution in [-0.2, 0) is 0 Å². The minimum absolute atomic E-state index is 0.108. The lowest BCUT2D eigenvalue weighted by Crippen LogP contribution is -2.10. The summed E-state index contributed by atoms with van der Waals surface area (Å²) in [5.41, 5.74) is 11.1. The Morgan fingerprint density at radius 1 is 1.06 bits per heavy atom. The third-order valence-electron chi connectivity index (χ3n) is 2.88. The van der Waals surface area contributed by atoms with Crippen molar-refractivity contribution in [3.05, 3.63) is 59.2 Å². The molecule has 3 N–H and O–H groups in total. The zero-order valence-corrected chi connectivity index (χ0v) is 10.1. The van der Waals surface area contributed by atoms with E-state index in [1.807, 2.05) is 24.3 Å². The monoisotopic (exact) mass is 224 g/mol. The number of nitrogen functional groups attached to an aromatic ring is 1. The number of hydrogen-bond donors (Lipinski definition) is 2. The Labute approximate surface area is 102 Å². The van der Waals surface area contributed by atoms with E-state index in [4.69, 9.17) is 11.1 Å². The summed E-state index contributed by atoms with van der Waals surface area (Å²) >= 11 is 0. The number of amidine groups is 1. The molecule has 0 fully saturated rings. The van der Waals surface area contributed by atoms with Crippen LogP contribution in [0.25, 0.3) is 11.1 Å². The summed E-state index contributed by atoms with van der Waals surface area (Å²) < 4.78 is 0. The molecular weight excluding hydrogens is 208 g/mol. The van der Waals surface area contributed by atoms with Crippen LogP contribution in [0.3, 0.4) is 0 Å². The van der Waals surface area contributed by atoms with Crippen LogP contribution in [0, 0.1) is 19.3 Å². The van der Waals surface area contributed by atoms with Crippen molar-refractivity contribution in [2.24, 2.45) is 5.73 Å². The highest BCUT2D eigenvalue weighted by molar-refractivity contribution is 5.96. The molecule has 0 aliphatic rings. The maximum Gasteiger partial charge on any atom is 0.122 e. The van der Waals surface area contributed by atoms with Gasteiger partial charge < -0.3 is 5.73 Å². The molecule has 2 aromatic carbocycles. The van der Waals surface area contributed by atoms with E-state index in [2.05, 4.69) is 32.0 Å². The summed E-state index contributed by atoms with van der Waals surface area (Å²) in [5, 5.41) is 7.47. The number of rotatable bonds is 2. The Morgan fingerprint density at radius 3 is 2.53 bits per heavy atom. The summed E-state index contributed by atoms with van der Waals surface area (Å²) in [6, 6.07) is 14.2. The van der Waals surface area contributed by atoms with Crippen molar-refractivity contribution in [1.29, 1.82) is 5.41 Å². The fourth-order valence-electron chi connectivity index (χ4n) is 1.90.